The Bertz CT molecular complexity index is 1010. The van der Waals surface area contributed by atoms with Gasteiger partial charge in [0, 0.05) is 30.7 Å². The van der Waals surface area contributed by atoms with Gasteiger partial charge in [-0.2, -0.15) is 0 Å². The van der Waals surface area contributed by atoms with Crippen molar-refractivity contribution in [2.75, 3.05) is 27.4 Å². The molecule has 2 aromatic rings. The summed E-state index contributed by atoms with van der Waals surface area (Å²) in [5.74, 6) is -0.524. The Kier molecular flexibility index (Phi) is 7.18. The molecule has 31 heavy (non-hydrogen) atoms. The molecule has 1 aromatic heterocycles. The summed E-state index contributed by atoms with van der Waals surface area (Å²) in [4.78, 5) is 28.4. The number of nitrogens with zero attached hydrogens (tertiary/aromatic N) is 1. The van der Waals surface area contributed by atoms with Crippen LogP contribution in [0.5, 0.6) is 5.75 Å². The number of ether oxygens (including phenoxy) is 2. The first-order valence-corrected chi connectivity index (χ1v) is 11.2. The van der Waals surface area contributed by atoms with Crippen LogP contribution in [0.4, 0.5) is 0 Å². The van der Waals surface area contributed by atoms with Crippen molar-refractivity contribution in [3.05, 3.63) is 56.8 Å². The van der Waals surface area contributed by atoms with Crippen LogP contribution in [0, 0.1) is 6.92 Å². The van der Waals surface area contributed by atoms with Gasteiger partial charge in [0.1, 0.15) is 11.5 Å². The number of thiophene rings is 1. The average molecular weight is 444 g/mol. The summed E-state index contributed by atoms with van der Waals surface area (Å²) >= 11 is 1.48. The van der Waals surface area contributed by atoms with Crippen molar-refractivity contribution in [2.24, 2.45) is 0 Å². The number of hydrogen-bond acceptors (Lipinski definition) is 6. The van der Waals surface area contributed by atoms with Gasteiger partial charge < -0.3 is 19.5 Å². The molecular formula is C24H29NO5S. The molecule has 1 aliphatic rings. The van der Waals surface area contributed by atoms with Crippen LogP contribution in [-0.2, 0) is 14.3 Å². The van der Waals surface area contributed by atoms with Crippen LogP contribution in [0.1, 0.15) is 53.8 Å². The minimum absolute atomic E-state index is 0.132. The number of carbonyl (C=O) groups is 2. The fourth-order valence-electron chi connectivity index (χ4n) is 3.92. The van der Waals surface area contributed by atoms with Crippen LogP contribution in [0.2, 0.25) is 0 Å². The van der Waals surface area contributed by atoms with Gasteiger partial charge >= 0.3 is 0 Å². The van der Waals surface area contributed by atoms with Crippen LogP contribution >= 0.6 is 11.3 Å². The van der Waals surface area contributed by atoms with Gasteiger partial charge in [0.15, 0.2) is 0 Å². The molecule has 6 nitrogen and oxygen atoms in total. The lowest BCUT2D eigenvalue weighted by molar-refractivity contribution is -0.140. The van der Waals surface area contributed by atoms with Gasteiger partial charge in [-0.05, 0) is 60.0 Å². The van der Waals surface area contributed by atoms with E-state index in [1.807, 2.05) is 38.3 Å². The number of benzene rings is 1. The van der Waals surface area contributed by atoms with Gasteiger partial charge in [-0.15, -0.1) is 11.3 Å². The van der Waals surface area contributed by atoms with E-state index >= 15 is 0 Å². The number of methoxy groups -OCH3 is 2. The Labute approximate surface area is 187 Å². The summed E-state index contributed by atoms with van der Waals surface area (Å²) in [6, 6.07) is 6.68. The van der Waals surface area contributed by atoms with E-state index in [1.165, 1.54) is 11.3 Å². The summed E-state index contributed by atoms with van der Waals surface area (Å²) < 4.78 is 10.6. The number of ketones is 1. The van der Waals surface area contributed by atoms with Gasteiger partial charge in [-0.1, -0.05) is 13.8 Å². The molecule has 1 aromatic carbocycles. The van der Waals surface area contributed by atoms with Crippen molar-refractivity contribution < 1.29 is 24.2 Å². The van der Waals surface area contributed by atoms with Gasteiger partial charge in [0.25, 0.3) is 11.7 Å². The quantitative estimate of drug-likeness (QED) is 0.278. The predicted octanol–water partition coefficient (Wildman–Crippen LogP) is 4.65. The summed E-state index contributed by atoms with van der Waals surface area (Å²) in [7, 11) is 3.21. The van der Waals surface area contributed by atoms with E-state index in [9.17, 15) is 14.7 Å². The molecule has 0 bridgehead atoms. The highest BCUT2D eigenvalue weighted by Crippen LogP contribution is 2.43. The van der Waals surface area contributed by atoms with Gasteiger partial charge in [-0.3, -0.25) is 9.59 Å². The smallest absolute Gasteiger partial charge is 0.295 e. The Morgan fingerprint density at radius 1 is 1.23 bits per heavy atom. The van der Waals surface area contributed by atoms with E-state index in [-0.39, 0.29) is 17.3 Å². The van der Waals surface area contributed by atoms with Crippen molar-refractivity contribution in [1.82, 2.24) is 4.90 Å². The zero-order chi connectivity index (χ0) is 22.7. The van der Waals surface area contributed by atoms with Crippen LogP contribution in [0.15, 0.2) is 35.2 Å². The Hall–Kier alpha value is -2.64. The van der Waals surface area contributed by atoms with Crippen LogP contribution in [0.25, 0.3) is 5.76 Å². The van der Waals surface area contributed by atoms with E-state index in [0.29, 0.717) is 25.1 Å². The summed E-state index contributed by atoms with van der Waals surface area (Å²) in [6.07, 6.45) is 0.602. The molecule has 7 heteroatoms. The molecule has 1 saturated heterocycles. The van der Waals surface area contributed by atoms with Gasteiger partial charge in [0.2, 0.25) is 0 Å². The third kappa shape index (κ3) is 4.38. The van der Waals surface area contributed by atoms with Crippen LogP contribution < -0.4 is 4.74 Å². The van der Waals surface area contributed by atoms with Gasteiger partial charge in [0.05, 0.1) is 18.7 Å². The number of aryl methyl sites for hydroxylation is 1. The molecular weight excluding hydrogens is 414 g/mol. The van der Waals surface area contributed by atoms with E-state index in [4.69, 9.17) is 9.47 Å². The monoisotopic (exact) mass is 443 g/mol. The highest BCUT2D eigenvalue weighted by Gasteiger charge is 2.46. The molecule has 1 unspecified atom stereocenters. The SMILES string of the molecule is COCCCN1C(=O)C(=O)/C(=C(\O)c2ccc(OC)c(C(C)C)c2)C1c1sccc1C. The number of likely N-dealkylation sites (tertiary alicyclic amines) is 1. The molecule has 1 aliphatic heterocycles. The molecule has 1 N–H and O–H groups in total. The van der Waals surface area contributed by atoms with Gasteiger partial charge in [-0.25, -0.2) is 0 Å². The molecule has 0 spiro atoms. The van der Waals surface area contributed by atoms with E-state index in [1.54, 1.807) is 31.3 Å². The number of carbonyl (C=O) groups excluding carboxylic acids is 2. The third-order valence-corrected chi connectivity index (χ3v) is 6.63. The zero-order valence-electron chi connectivity index (χ0n) is 18.6. The Morgan fingerprint density at radius 3 is 2.55 bits per heavy atom. The van der Waals surface area contributed by atoms with Crippen molar-refractivity contribution in [2.45, 2.75) is 39.2 Å². The molecule has 166 valence electrons. The second kappa shape index (κ2) is 9.66. The largest absolute Gasteiger partial charge is 0.507 e. The second-order valence-corrected chi connectivity index (χ2v) is 8.87. The summed E-state index contributed by atoms with van der Waals surface area (Å²) in [5, 5.41) is 13.2. The first kappa shape index (κ1) is 23.0. The van der Waals surface area contributed by atoms with E-state index in [2.05, 4.69) is 0 Å². The molecule has 3 rings (SSSR count). The molecule has 1 atom stereocenters. The second-order valence-electron chi connectivity index (χ2n) is 7.92. The highest BCUT2D eigenvalue weighted by atomic mass is 32.1. The first-order valence-electron chi connectivity index (χ1n) is 10.3. The number of rotatable bonds is 8. The van der Waals surface area contributed by atoms with Crippen LogP contribution in [-0.4, -0.2) is 49.1 Å². The first-order chi connectivity index (χ1) is 14.8. The van der Waals surface area contributed by atoms with E-state index in [0.717, 1.165) is 21.8 Å². The highest BCUT2D eigenvalue weighted by molar-refractivity contribution is 7.10. The molecule has 0 aliphatic carbocycles. The maximum atomic E-state index is 13.1. The average Bonchev–Trinajstić information content (AvgIpc) is 3.28. The maximum Gasteiger partial charge on any atom is 0.295 e. The fraction of sp³-hybridized carbons (Fsp3) is 0.417. The Morgan fingerprint density at radius 2 is 1.97 bits per heavy atom. The minimum Gasteiger partial charge on any atom is -0.507 e. The maximum absolute atomic E-state index is 13.1. The zero-order valence-corrected chi connectivity index (χ0v) is 19.4. The number of Topliss-reactive ketones (excluding diaryl/α,β-unsaturated/α-hetero) is 1. The lowest BCUT2D eigenvalue weighted by Crippen LogP contribution is -2.31. The number of amides is 1. The summed E-state index contributed by atoms with van der Waals surface area (Å²) in [6.45, 7) is 6.87. The number of aliphatic hydroxyl groups is 1. The van der Waals surface area contributed by atoms with Crippen molar-refractivity contribution in [3.63, 3.8) is 0 Å². The lowest BCUT2D eigenvalue weighted by atomic mass is 9.95. The Balaban J connectivity index is 2.15. The number of aliphatic hydroxyl groups excluding tert-OH is 1. The standard InChI is InChI=1S/C24H29NO5S/c1-14(2)17-13-16(7-8-18(17)30-5)21(26)19-20(23-15(3)9-12-31-23)25(10-6-11-29-4)24(28)22(19)27/h7-9,12-14,20,26H,6,10-11H2,1-5H3/b21-19-. The predicted molar refractivity (Wildman–Crippen MR) is 122 cm³/mol. The molecule has 0 radical (unpaired) electrons. The molecule has 1 fully saturated rings. The fourth-order valence-corrected chi connectivity index (χ4v) is 4.96. The minimum atomic E-state index is -0.658. The third-order valence-electron chi connectivity index (χ3n) is 5.56. The summed E-state index contributed by atoms with van der Waals surface area (Å²) in [5.41, 5.74) is 2.54. The normalized spacial score (nSPS) is 18.3. The van der Waals surface area contributed by atoms with Crippen molar-refractivity contribution in [3.8, 4) is 5.75 Å². The topological polar surface area (TPSA) is 76.1 Å². The van der Waals surface area contributed by atoms with Crippen molar-refractivity contribution >= 4 is 28.8 Å². The number of hydrogen-bond donors (Lipinski definition) is 1. The van der Waals surface area contributed by atoms with Crippen molar-refractivity contribution in [1.29, 1.82) is 0 Å². The molecule has 0 saturated carbocycles. The molecule has 2 heterocycles. The van der Waals surface area contributed by atoms with Crippen LogP contribution in [0.3, 0.4) is 0 Å². The lowest BCUT2D eigenvalue weighted by Gasteiger charge is -2.25. The molecule has 1 amide bonds. The van der Waals surface area contributed by atoms with E-state index < -0.39 is 17.7 Å².